The molecule has 1 saturated heterocycles. The van der Waals surface area contributed by atoms with E-state index in [1.54, 1.807) is 12.1 Å². The van der Waals surface area contributed by atoms with E-state index in [4.69, 9.17) is 0 Å². The zero-order valence-corrected chi connectivity index (χ0v) is 26.2. The van der Waals surface area contributed by atoms with Crippen LogP contribution >= 0.6 is 11.8 Å². The molecule has 0 aliphatic carbocycles. The number of thioether (sulfide) groups is 1. The topological polar surface area (TPSA) is 114 Å². The highest BCUT2D eigenvalue weighted by Gasteiger charge is 2.49. The molecule has 0 radical (unpaired) electrons. The fourth-order valence-corrected chi connectivity index (χ4v) is 6.27. The van der Waals surface area contributed by atoms with Crippen molar-refractivity contribution in [3.63, 3.8) is 0 Å². The Labute approximate surface area is 258 Å². The Bertz CT molecular complexity index is 1410. The quantitative estimate of drug-likeness (QED) is 0.277. The third-order valence-electron chi connectivity index (χ3n) is 7.68. The summed E-state index contributed by atoms with van der Waals surface area (Å²) in [6, 6.07) is 22.2. The van der Waals surface area contributed by atoms with Crippen molar-refractivity contribution < 1.29 is 19.5 Å². The Hall–Kier alpha value is -4.02. The minimum atomic E-state index is -1.58. The van der Waals surface area contributed by atoms with Crippen molar-refractivity contribution in [1.29, 1.82) is 0 Å². The third kappa shape index (κ3) is 8.09. The number of hydrogen-bond donors (Lipinski definition) is 4. The number of amides is 4. The molecule has 1 heterocycles. The van der Waals surface area contributed by atoms with Crippen molar-refractivity contribution in [2.24, 2.45) is 0 Å². The second-order valence-corrected chi connectivity index (χ2v) is 13.1. The molecule has 0 saturated carbocycles. The van der Waals surface area contributed by atoms with Gasteiger partial charge in [0.1, 0.15) is 6.04 Å². The van der Waals surface area contributed by atoms with Gasteiger partial charge in [-0.25, -0.2) is 4.79 Å². The van der Waals surface area contributed by atoms with Crippen LogP contribution in [-0.4, -0.2) is 70.8 Å². The molecule has 1 aliphatic rings. The summed E-state index contributed by atoms with van der Waals surface area (Å²) in [4.78, 5) is 43.8. The number of urea groups is 1. The van der Waals surface area contributed by atoms with Crippen molar-refractivity contribution in [3.8, 4) is 0 Å². The molecule has 4 rings (SSSR count). The summed E-state index contributed by atoms with van der Waals surface area (Å²) in [5.74, 6) is -0.649. The average molecular weight is 604 g/mol. The van der Waals surface area contributed by atoms with Crippen LogP contribution in [0, 0.1) is 6.92 Å². The zero-order chi connectivity index (χ0) is 31.1. The summed E-state index contributed by atoms with van der Waals surface area (Å²) in [5, 5.41) is 20.0. The third-order valence-corrected chi connectivity index (χ3v) is 9.06. The lowest BCUT2D eigenvalue weighted by atomic mass is 9.97. The molecule has 0 bridgehead atoms. The molecular weight excluding hydrogens is 562 g/mol. The van der Waals surface area contributed by atoms with Gasteiger partial charge < -0.3 is 30.9 Å². The first-order chi connectivity index (χ1) is 20.5. The minimum Gasteiger partial charge on any atom is -0.381 e. The molecule has 43 heavy (non-hydrogen) atoms. The maximum Gasteiger partial charge on any atom is 0.319 e. The number of hydrogen-bond acceptors (Lipinski definition) is 6. The van der Waals surface area contributed by atoms with Gasteiger partial charge in [-0.3, -0.25) is 9.59 Å². The number of carbonyl (C=O) groups excluding carboxylic acids is 3. The van der Waals surface area contributed by atoms with Gasteiger partial charge in [-0.15, -0.1) is 11.8 Å². The van der Waals surface area contributed by atoms with Crippen molar-refractivity contribution in [2.45, 2.75) is 56.7 Å². The first kappa shape index (κ1) is 31.9. The predicted octanol–water partition coefficient (Wildman–Crippen LogP) is 4.15. The van der Waals surface area contributed by atoms with Crippen molar-refractivity contribution in [3.05, 3.63) is 95.6 Å². The van der Waals surface area contributed by atoms with Crippen molar-refractivity contribution in [2.75, 3.05) is 30.2 Å². The Morgan fingerprint density at radius 1 is 1.00 bits per heavy atom. The van der Waals surface area contributed by atoms with E-state index in [1.807, 2.05) is 106 Å². The molecule has 0 spiro atoms. The number of aliphatic hydroxyl groups excluding tert-OH is 1. The number of anilines is 2. The van der Waals surface area contributed by atoms with Crippen LogP contribution in [0.25, 0.3) is 0 Å². The van der Waals surface area contributed by atoms with Crippen LogP contribution in [0.3, 0.4) is 0 Å². The highest BCUT2D eigenvalue weighted by atomic mass is 32.2. The van der Waals surface area contributed by atoms with Crippen LogP contribution < -0.4 is 20.9 Å². The van der Waals surface area contributed by atoms with Gasteiger partial charge in [0.2, 0.25) is 5.91 Å². The number of rotatable bonds is 10. The zero-order valence-electron chi connectivity index (χ0n) is 25.3. The minimum absolute atomic E-state index is 0.218. The maximum atomic E-state index is 13.9. The Morgan fingerprint density at radius 3 is 2.30 bits per heavy atom. The van der Waals surface area contributed by atoms with Gasteiger partial charge in [0.25, 0.3) is 5.91 Å². The van der Waals surface area contributed by atoms with Crippen LogP contribution in [0.1, 0.15) is 30.5 Å². The lowest BCUT2D eigenvalue weighted by Gasteiger charge is -2.33. The van der Waals surface area contributed by atoms with Crippen molar-refractivity contribution in [1.82, 2.24) is 15.5 Å². The normalized spacial score (nSPS) is 17.1. The molecule has 4 N–H and O–H groups in total. The van der Waals surface area contributed by atoms with E-state index in [-0.39, 0.29) is 18.2 Å². The van der Waals surface area contributed by atoms with E-state index in [2.05, 4.69) is 16.0 Å². The van der Waals surface area contributed by atoms with Gasteiger partial charge in [-0.2, -0.15) is 0 Å². The molecule has 0 aromatic heterocycles. The summed E-state index contributed by atoms with van der Waals surface area (Å²) in [6.45, 7) is 6.16. The largest absolute Gasteiger partial charge is 0.381 e. The van der Waals surface area contributed by atoms with E-state index < -0.39 is 34.9 Å². The van der Waals surface area contributed by atoms with Crippen LogP contribution in [-0.2, 0) is 22.6 Å². The molecule has 3 aromatic carbocycles. The first-order valence-electron chi connectivity index (χ1n) is 14.3. The lowest BCUT2D eigenvalue weighted by Crippen LogP contribution is -2.59. The number of carbonyl (C=O) groups is 3. The van der Waals surface area contributed by atoms with E-state index >= 15 is 0 Å². The molecule has 4 amide bonds. The molecule has 1 fully saturated rings. The summed E-state index contributed by atoms with van der Waals surface area (Å²) >= 11 is 1.48. The lowest BCUT2D eigenvalue weighted by molar-refractivity contribution is -0.147. The maximum absolute atomic E-state index is 13.9. The fraction of sp³-hybridized carbons (Fsp3) is 0.364. The number of aliphatic hydroxyl groups is 1. The van der Waals surface area contributed by atoms with Gasteiger partial charge in [0, 0.05) is 36.8 Å². The number of nitrogens with zero attached hydrogens (tertiary/aromatic N) is 2. The van der Waals surface area contributed by atoms with Crippen LogP contribution in [0.5, 0.6) is 0 Å². The van der Waals surface area contributed by atoms with Gasteiger partial charge in [0.15, 0.2) is 6.10 Å². The molecule has 3 atom stereocenters. The molecule has 10 heteroatoms. The smallest absolute Gasteiger partial charge is 0.319 e. The van der Waals surface area contributed by atoms with Crippen LogP contribution in [0.2, 0.25) is 0 Å². The van der Waals surface area contributed by atoms with Gasteiger partial charge in [-0.05, 0) is 68.1 Å². The van der Waals surface area contributed by atoms with E-state index in [0.29, 0.717) is 12.2 Å². The standard InChI is InChI=1S/C33H41N5O4S/c1-22-11-9-10-14-24(22)20-34-30(40)29-33(2,3)43-21-38(29)31(41)28(39)27(19-23-12-7-6-8-13-23)36-32(42)35-25-15-17-26(18-16-25)37(4)5/h6-18,27-29,39H,19-21H2,1-5H3,(H,34,40)(H2,35,36,42). The van der Waals surface area contributed by atoms with Gasteiger partial charge in [-0.1, -0.05) is 54.6 Å². The fourth-order valence-electron chi connectivity index (χ4n) is 5.13. The Morgan fingerprint density at radius 2 is 1.65 bits per heavy atom. The highest BCUT2D eigenvalue weighted by molar-refractivity contribution is 8.00. The number of aryl methyl sites for hydroxylation is 1. The van der Waals surface area contributed by atoms with Gasteiger partial charge >= 0.3 is 6.03 Å². The first-order valence-corrected chi connectivity index (χ1v) is 15.3. The van der Waals surface area contributed by atoms with E-state index in [9.17, 15) is 19.5 Å². The number of nitrogens with one attached hydrogen (secondary N) is 3. The van der Waals surface area contributed by atoms with Gasteiger partial charge in [0.05, 0.1) is 11.9 Å². The summed E-state index contributed by atoms with van der Waals surface area (Å²) in [6.07, 6.45) is -1.36. The molecule has 9 nitrogen and oxygen atoms in total. The van der Waals surface area contributed by atoms with Crippen LogP contribution in [0.4, 0.5) is 16.2 Å². The second kappa shape index (κ2) is 14.0. The molecule has 228 valence electrons. The molecule has 3 unspecified atom stereocenters. The molecular formula is C33H41N5O4S. The SMILES string of the molecule is Cc1ccccc1CNC(=O)C1N(C(=O)C(O)C(Cc2ccccc2)NC(=O)Nc2ccc(N(C)C)cc2)CSC1(C)C. The Balaban J connectivity index is 1.50. The van der Waals surface area contributed by atoms with Crippen molar-refractivity contribution >= 4 is 41.0 Å². The second-order valence-electron chi connectivity index (χ2n) is 11.5. The molecule has 1 aliphatic heterocycles. The summed E-state index contributed by atoms with van der Waals surface area (Å²) in [7, 11) is 3.86. The van der Waals surface area contributed by atoms with Crippen LogP contribution in [0.15, 0.2) is 78.9 Å². The predicted molar refractivity (Wildman–Crippen MR) is 173 cm³/mol. The summed E-state index contributed by atoms with van der Waals surface area (Å²) in [5.41, 5.74) is 4.46. The molecule has 3 aromatic rings. The summed E-state index contributed by atoms with van der Waals surface area (Å²) < 4.78 is -0.580. The average Bonchev–Trinajstić information content (AvgIpc) is 3.31. The van der Waals surface area contributed by atoms with E-state index in [1.165, 1.54) is 16.7 Å². The highest BCUT2D eigenvalue weighted by Crippen LogP contribution is 2.40. The Kier molecular flexibility index (Phi) is 10.4. The van der Waals surface area contributed by atoms with E-state index in [0.717, 1.165) is 22.4 Å². The monoisotopic (exact) mass is 603 g/mol. The number of benzene rings is 3.